The van der Waals surface area contributed by atoms with Gasteiger partial charge in [0, 0.05) is 6.07 Å². The standard InChI is InChI=1S/C15H12N2O6/c1-23-15-7-3-10(8-14(15)18)2-4-11-5-6-12(16(19)20)9-13(11)17(21)22/h2-9,18H,1H3. The van der Waals surface area contributed by atoms with Crippen molar-refractivity contribution in [3.05, 3.63) is 67.8 Å². The van der Waals surface area contributed by atoms with Gasteiger partial charge in [-0.15, -0.1) is 0 Å². The number of ether oxygens (including phenoxy) is 1. The van der Waals surface area contributed by atoms with Gasteiger partial charge in [0.2, 0.25) is 0 Å². The van der Waals surface area contributed by atoms with Gasteiger partial charge in [0.15, 0.2) is 11.5 Å². The second-order valence-electron chi connectivity index (χ2n) is 4.52. The van der Waals surface area contributed by atoms with Gasteiger partial charge in [-0.3, -0.25) is 20.2 Å². The molecule has 0 aliphatic rings. The van der Waals surface area contributed by atoms with Crippen LogP contribution in [0, 0.1) is 20.2 Å². The zero-order chi connectivity index (χ0) is 17.0. The first-order valence-corrected chi connectivity index (χ1v) is 6.40. The monoisotopic (exact) mass is 316 g/mol. The molecule has 23 heavy (non-hydrogen) atoms. The van der Waals surface area contributed by atoms with Crippen LogP contribution >= 0.6 is 0 Å². The molecule has 0 atom stereocenters. The molecule has 0 radical (unpaired) electrons. The second-order valence-corrected chi connectivity index (χ2v) is 4.52. The van der Waals surface area contributed by atoms with Gasteiger partial charge in [-0.2, -0.15) is 0 Å². The molecular formula is C15H12N2O6. The average molecular weight is 316 g/mol. The Morgan fingerprint density at radius 1 is 1.04 bits per heavy atom. The summed E-state index contributed by atoms with van der Waals surface area (Å²) >= 11 is 0. The highest BCUT2D eigenvalue weighted by Gasteiger charge is 2.17. The molecule has 0 aromatic heterocycles. The van der Waals surface area contributed by atoms with E-state index in [9.17, 15) is 25.3 Å². The number of aromatic hydroxyl groups is 1. The molecule has 8 nitrogen and oxygen atoms in total. The number of phenolic OH excluding ortho intramolecular Hbond substituents is 1. The van der Waals surface area contributed by atoms with Crippen LogP contribution in [0.4, 0.5) is 11.4 Å². The van der Waals surface area contributed by atoms with E-state index in [1.807, 2.05) is 0 Å². The Hall–Kier alpha value is -3.42. The first kappa shape index (κ1) is 16.0. The maximum Gasteiger partial charge on any atom is 0.283 e. The number of rotatable bonds is 5. The lowest BCUT2D eigenvalue weighted by atomic mass is 10.1. The SMILES string of the molecule is COc1ccc(C=Cc2ccc([N+](=O)[O-])cc2[N+](=O)[O-])cc1O. The van der Waals surface area contributed by atoms with Crippen LogP contribution in [0.15, 0.2) is 36.4 Å². The van der Waals surface area contributed by atoms with E-state index in [-0.39, 0.29) is 22.7 Å². The highest BCUT2D eigenvalue weighted by molar-refractivity contribution is 5.75. The number of benzene rings is 2. The maximum atomic E-state index is 11.0. The van der Waals surface area contributed by atoms with E-state index in [4.69, 9.17) is 4.74 Å². The summed E-state index contributed by atoms with van der Waals surface area (Å²) in [5, 5.41) is 31.4. The van der Waals surface area contributed by atoms with Crippen molar-refractivity contribution >= 4 is 23.5 Å². The fourth-order valence-corrected chi connectivity index (χ4v) is 1.94. The largest absolute Gasteiger partial charge is 0.504 e. The molecule has 0 bridgehead atoms. The normalized spacial score (nSPS) is 10.7. The van der Waals surface area contributed by atoms with Crippen LogP contribution in [-0.4, -0.2) is 22.1 Å². The number of hydrogen-bond acceptors (Lipinski definition) is 6. The van der Waals surface area contributed by atoms with Gasteiger partial charge in [-0.1, -0.05) is 12.1 Å². The van der Waals surface area contributed by atoms with Crippen LogP contribution in [0.25, 0.3) is 12.2 Å². The third-order valence-corrected chi connectivity index (χ3v) is 3.08. The molecule has 2 aromatic carbocycles. The second kappa shape index (κ2) is 6.56. The predicted molar refractivity (Wildman–Crippen MR) is 83.3 cm³/mol. The van der Waals surface area contributed by atoms with Gasteiger partial charge < -0.3 is 9.84 Å². The summed E-state index contributed by atoms with van der Waals surface area (Å²) in [6, 6.07) is 8.05. The van der Waals surface area contributed by atoms with Crippen LogP contribution in [0.1, 0.15) is 11.1 Å². The quantitative estimate of drug-likeness (QED) is 0.513. The van der Waals surface area contributed by atoms with E-state index in [2.05, 4.69) is 0 Å². The summed E-state index contributed by atoms with van der Waals surface area (Å²) in [5.41, 5.74) is 0.0935. The number of nitrogens with zero attached hydrogens (tertiary/aromatic N) is 2. The number of nitro groups is 2. The van der Waals surface area contributed by atoms with Crippen molar-refractivity contribution in [3.63, 3.8) is 0 Å². The molecule has 2 rings (SSSR count). The fourth-order valence-electron chi connectivity index (χ4n) is 1.94. The van der Waals surface area contributed by atoms with Gasteiger partial charge >= 0.3 is 0 Å². The van der Waals surface area contributed by atoms with Gasteiger partial charge in [-0.25, -0.2) is 0 Å². The van der Waals surface area contributed by atoms with Crippen molar-refractivity contribution < 1.29 is 19.7 Å². The molecule has 0 aliphatic carbocycles. The Morgan fingerprint density at radius 2 is 1.78 bits per heavy atom. The Balaban J connectivity index is 2.37. The highest BCUT2D eigenvalue weighted by Crippen LogP contribution is 2.29. The fraction of sp³-hybridized carbons (Fsp3) is 0.0667. The molecule has 2 aromatic rings. The van der Waals surface area contributed by atoms with Crippen LogP contribution < -0.4 is 4.74 Å². The highest BCUT2D eigenvalue weighted by atomic mass is 16.6. The van der Waals surface area contributed by atoms with Crippen molar-refractivity contribution in [2.75, 3.05) is 7.11 Å². The minimum absolute atomic E-state index is 0.0622. The summed E-state index contributed by atoms with van der Waals surface area (Å²) in [7, 11) is 1.42. The predicted octanol–water partition coefficient (Wildman–Crippen LogP) is 3.39. The molecule has 0 fully saturated rings. The zero-order valence-electron chi connectivity index (χ0n) is 12.0. The molecular weight excluding hydrogens is 304 g/mol. The lowest BCUT2D eigenvalue weighted by molar-refractivity contribution is -0.394. The zero-order valence-corrected chi connectivity index (χ0v) is 12.0. The number of hydrogen-bond donors (Lipinski definition) is 1. The first-order valence-electron chi connectivity index (χ1n) is 6.40. The van der Waals surface area contributed by atoms with Crippen LogP contribution in [0.5, 0.6) is 11.5 Å². The van der Waals surface area contributed by atoms with Crippen LogP contribution in [0.2, 0.25) is 0 Å². The number of nitro benzene ring substituents is 2. The molecule has 0 unspecified atom stereocenters. The molecule has 0 amide bonds. The summed E-state index contributed by atoms with van der Waals surface area (Å²) in [6.07, 6.45) is 3.00. The first-order chi connectivity index (χ1) is 10.9. The van der Waals surface area contributed by atoms with Crippen molar-refractivity contribution in [1.82, 2.24) is 0 Å². The molecule has 0 spiro atoms. The smallest absolute Gasteiger partial charge is 0.283 e. The molecule has 0 aliphatic heterocycles. The van der Waals surface area contributed by atoms with E-state index in [0.29, 0.717) is 11.3 Å². The maximum absolute atomic E-state index is 11.0. The molecule has 0 saturated heterocycles. The van der Waals surface area contributed by atoms with Gasteiger partial charge in [-0.05, 0) is 29.8 Å². The van der Waals surface area contributed by atoms with Gasteiger partial charge in [0.25, 0.3) is 11.4 Å². The summed E-state index contributed by atoms with van der Waals surface area (Å²) in [5.74, 6) is 0.247. The number of non-ortho nitro benzene ring substituents is 1. The summed E-state index contributed by atoms with van der Waals surface area (Å²) in [4.78, 5) is 20.4. The van der Waals surface area contributed by atoms with Crippen molar-refractivity contribution in [3.8, 4) is 11.5 Å². The van der Waals surface area contributed by atoms with Crippen LogP contribution in [-0.2, 0) is 0 Å². The topological polar surface area (TPSA) is 116 Å². The summed E-state index contributed by atoms with van der Waals surface area (Å²) in [6.45, 7) is 0. The van der Waals surface area contributed by atoms with Gasteiger partial charge in [0.05, 0.1) is 28.6 Å². The third-order valence-electron chi connectivity index (χ3n) is 3.08. The number of phenols is 1. The average Bonchev–Trinajstić information content (AvgIpc) is 2.52. The lowest BCUT2D eigenvalue weighted by Gasteiger charge is -2.03. The molecule has 118 valence electrons. The van der Waals surface area contributed by atoms with E-state index >= 15 is 0 Å². The van der Waals surface area contributed by atoms with Crippen molar-refractivity contribution in [2.45, 2.75) is 0 Å². The van der Waals surface area contributed by atoms with E-state index in [1.165, 1.54) is 31.4 Å². The molecule has 1 N–H and O–H groups in total. The van der Waals surface area contributed by atoms with E-state index in [0.717, 1.165) is 6.07 Å². The lowest BCUT2D eigenvalue weighted by Crippen LogP contribution is -1.94. The Kier molecular flexibility index (Phi) is 4.55. The van der Waals surface area contributed by atoms with E-state index < -0.39 is 9.85 Å². The minimum Gasteiger partial charge on any atom is -0.504 e. The molecule has 0 saturated carbocycles. The summed E-state index contributed by atoms with van der Waals surface area (Å²) < 4.78 is 4.92. The van der Waals surface area contributed by atoms with Gasteiger partial charge in [0.1, 0.15) is 0 Å². The van der Waals surface area contributed by atoms with Crippen LogP contribution in [0.3, 0.4) is 0 Å². The molecule has 0 heterocycles. The van der Waals surface area contributed by atoms with Crippen molar-refractivity contribution in [1.29, 1.82) is 0 Å². The molecule has 8 heteroatoms. The third kappa shape index (κ3) is 3.62. The Labute approximate surface area is 130 Å². The van der Waals surface area contributed by atoms with Crippen molar-refractivity contribution in [2.24, 2.45) is 0 Å². The van der Waals surface area contributed by atoms with E-state index in [1.54, 1.807) is 18.2 Å². The minimum atomic E-state index is -0.692. The Bertz CT molecular complexity index is 801. The number of methoxy groups -OCH3 is 1. The Morgan fingerprint density at radius 3 is 2.35 bits per heavy atom.